The maximum Gasteiger partial charge on any atom is 0.0799 e. The molecule has 3 N–H and O–H groups in total. The second-order valence-corrected chi connectivity index (χ2v) is 2.62. The molecule has 0 radical (unpaired) electrons. The predicted octanol–water partition coefficient (Wildman–Crippen LogP) is -0.444. The van der Waals surface area contributed by atoms with E-state index in [1.165, 1.54) is 0 Å². The molecule has 4 heteroatoms. The lowest BCUT2D eigenvalue weighted by atomic mass is 10.3. The highest BCUT2D eigenvalue weighted by atomic mass is 35.5. The van der Waals surface area contributed by atoms with Crippen molar-refractivity contribution in [3.05, 3.63) is 0 Å². The molecule has 0 aromatic carbocycles. The summed E-state index contributed by atoms with van der Waals surface area (Å²) < 4.78 is 0. The Morgan fingerprint density at radius 2 is 2.00 bits per heavy atom. The van der Waals surface area contributed by atoms with Crippen LogP contribution in [0.4, 0.5) is 0 Å². The first kappa shape index (κ1) is 10.2. The number of aliphatic hydroxyl groups is 2. The Morgan fingerprint density at radius 3 is 2.40 bits per heavy atom. The Kier molecular flexibility index (Phi) is 6.02. The summed E-state index contributed by atoms with van der Waals surface area (Å²) in [5.74, 6) is 0.229. The molecule has 0 aliphatic heterocycles. The first-order chi connectivity index (χ1) is 4.66. The van der Waals surface area contributed by atoms with Crippen molar-refractivity contribution < 1.29 is 10.2 Å². The number of rotatable bonds is 5. The molecule has 2 atom stereocenters. The van der Waals surface area contributed by atoms with Gasteiger partial charge in [0.25, 0.3) is 0 Å². The Balaban J connectivity index is 3.03. The maximum atomic E-state index is 8.89. The van der Waals surface area contributed by atoms with Crippen LogP contribution in [0.25, 0.3) is 0 Å². The second-order valence-electron chi connectivity index (χ2n) is 2.32. The predicted molar refractivity (Wildman–Crippen MR) is 41.3 cm³/mol. The largest absolute Gasteiger partial charge is 0.392 e. The summed E-state index contributed by atoms with van der Waals surface area (Å²) in [6, 6.07) is 0. The van der Waals surface area contributed by atoms with Crippen LogP contribution in [0.3, 0.4) is 0 Å². The van der Waals surface area contributed by atoms with Gasteiger partial charge in [-0.1, -0.05) is 0 Å². The highest BCUT2D eigenvalue weighted by Gasteiger charge is 2.00. The molecule has 3 nitrogen and oxygen atoms in total. The van der Waals surface area contributed by atoms with Crippen LogP contribution in [0.5, 0.6) is 0 Å². The summed E-state index contributed by atoms with van der Waals surface area (Å²) in [4.78, 5) is 0. The maximum absolute atomic E-state index is 8.89. The van der Waals surface area contributed by atoms with Gasteiger partial charge in [-0.15, -0.1) is 11.6 Å². The van der Waals surface area contributed by atoms with Crippen molar-refractivity contribution in [2.45, 2.75) is 19.1 Å². The zero-order chi connectivity index (χ0) is 7.98. The lowest BCUT2D eigenvalue weighted by Crippen LogP contribution is -2.32. The molecule has 0 rings (SSSR count). The van der Waals surface area contributed by atoms with E-state index in [1.807, 2.05) is 0 Å². The highest BCUT2D eigenvalue weighted by Crippen LogP contribution is 1.84. The number of nitrogens with one attached hydrogen (secondary N) is 1. The fourth-order valence-electron chi connectivity index (χ4n) is 0.513. The first-order valence-electron chi connectivity index (χ1n) is 3.29. The van der Waals surface area contributed by atoms with Gasteiger partial charge >= 0.3 is 0 Å². The van der Waals surface area contributed by atoms with Crippen LogP contribution < -0.4 is 5.32 Å². The molecular weight excluding hydrogens is 154 g/mol. The third-order valence-corrected chi connectivity index (χ3v) is 1.35. The van der Waals surface area contributed by atoms with Crippen molar-refractivity contribution in [1.29, 1.82) is 0 Å². The average molecular weight is 168 g/mol. The molecule has 0 bridgehead atoms. The second kappa shape index (κ2) is 5.92. The topological polar surface area (TPSA) is 52.5 Å². The monoisotopic (exact) mass is 167 g/mol. The van der Waals surface area contributed by atoms with Crippen LogP contribution in [0, 0.1) is 0 Å². The van der Waals surface area contributed by atoms with Gasteiger partial charge < -0.3 is 15.5 Å². The molecule has 0 saturated carbocycles. The van der Waals surface area contributed by atoms with Gasteiger partial charge in [0.15, 0.2) is 0 Å². The van der Waals surface area contributed by atoms with Crippen molar-refractivity contribution in [1.82, 2.24) is 5.32 Å². The molecule has 0 aromatic rings. The minimum Gasteiger partial charge on any atom is -0.392 e. The lowest BCUT2D eigenvalue weighted by molar-refractivity contribution is 0.166. The molecule has 0 heterocycles. The van der Waals surface area contributed by atoms with E-state index in [0.717, 1.165) is 0 Å². The van der Waals surface area contributed by atoms with Crippen LogP contribution in [0.2, 0.25) is 0 Å². The van der Waals surface area contributed by atoms with Gasteiger partial charge in [0.2, 0.25) is 0 Å². The standard InChI is InChI=1S/C6H14ClNO2/c1-5(9)3-8-4-6(10)2-7/h5-6,8-10H,2-4H2,1H3. The van der Waals surface area contributed by atoms with Crippen LogP contribution in [0.1, 0.15) is 6.92 Å². The number of alkyl halides is 1. The quantitative estimate of drug-likeness (QED) is 0.487. The molecule has 0 aliphatic carbocycles. The molecule has 2 unspecified atom stereocenters. The molecule has 0 aliphatic rings. The number of aliphatic hydroxyl groups excluding tert-OH is 2. The van der Waals surface area contributed by atoms with Crippen molar-refractivity contribution in [2.24, 2.45) is 0 Å². The van der Waals surface area contributed by atoms with E-state index in [1.54, 1.807) is 6.92 Å². The van der Waals surface area contributed by atoms with Gasteiger partial charge in [-0.25, -0.2) is 0 Å². The normalized spacial score (nSPS) is 16.8. The summed E-state index contributed by atoms with van der Waals surface area (Å²) in [6.45, 7) is 2.61. The number of hydrogen-bond acceptors (Lipinski definition) is 3. The molecule has 0 spiro atoms. The summed E-state index contributed by atoms with van der Waals surface area (Å²) in [5.41, 5.74) is 0. The van der Waals surface area contributed by atoms with E-state index in [9.17, 15) is 0 Å². The smallest absolute Gasteiger partial charge is 0.0799 e. The fraction of sp³-hybridized carbons (Fsp3) is 1.00. The minimum absolute atomic E-state index is 0.229. The van der Waals surface area contributed by atoms with Gasteiger partial charge in [0.1, 0.15) is 0 Å². The number of hydrogen-bond donors (Lipinski definition) is 3. The lowest BCUT2D eigenvalue weighted by Gasteiger charge is -2.09. The number of halogens is 1. The zero-order valence-corrected chi connectivity index (χ0v) is 6.80. The van der Waals surface area contributed by atoms with E-state index >= 15 is 0 Å². The highest BCUT2D eigenvalue weighted by molar-refractivity contribution is 6.18. The van der Waals surface area contributed by atoms with E-state index < -0.39 is 6.10 Å². The van der Waals surface area contributed by atoms with Crippen LogP contribution in [-0.2, 0) is 0 Å². The molecule has 10 heavy (non-hydrogen) atoms. The third-order valence-electron chi connectivity index (χ3n) is 0.998. The SMILES string of the molecule is CC(O)CNCC(O)CCl. The molecule has 0 amide bonds. The summed E-state index contributed by atoms with van der Waals surface area (Å²) in [7, 11) is 0. The van der Waals surface area contributed by atoms with E-state index in [-0.39, 0.29) is 12.0 Å². The van der Waals surface area contributed by atoms with E-state index in [4.69, 9.17) is 21.8 Å². The Hall–Kier alpha value is 0.170. The summed E-state index contributed by atoms with van der Waals surface area (Å²) in [5, 5.41) is 20.5. The Labute approximate surface area is 66.0 Å². The van der Waals surface area contributed by atoms with Gasteiger partial charge in [0.05, 0.1) is 12.2 Å². The zero-order valence-electron chi connectivity index (χ0n) is 6.05. The summed E-state index contributed by atoms with van der Waals surface area (Å²) >= 11 is 5.31. The fourth-order valence-corrected chi connectivity index (χ4v) is 0.622. The van der Waals surface area contributed by atoms with Crippen LogP contribution in [-0.4, -0.2) is 41.4 Å². The van der Waals surface area contributed by atoms with Gasteiger partial charge in [-0.05, 0) is 6.92 Å². The van der Waals surface area contributed by atoms with Crippen LogP contribution >= 0.6 is 11.6 Å². The average Bonchev–Trinajstić information content (AvgIpc) is 1.87. The van der Waals surface area contributed by atoms with Crippen molar-refractivity contribution in [2.75, 3.05) is 19.0 Å². The summed E-state index contributed by atoms with van der Waals surface area (Å²) in [6.07, 6.45) is -0.886. The molecule has 0 saturated heterocycles. The van der Waals surface area contributed by atoms with Gasteiger partial charge in [-0.2, -0.15) is 0 Å². The Bertz CT molecular complexity index is 80.1. The van der Waals surface area contributed by atoms with Crippen LogP contribution in [0.15, 0.2) is 0 Å². The Morgan fingerprint density at radius 1 is 1.40 bits per heavy atom. The van der Waals surface area contributed by atoms with Gasteiger partial charge in [-0.3, -0.25) is 0 Å². The minimum atomic E-state index is -0.514. The first-order valence-corrected chi connectivity index (χ1v) is 3.83. The molecule has 62 valence electrons. The molecule has 0 fully saturated rings. The molecular formula is C6H14ClNO2. The van der Waals surface area contributed by atoms with E-state index in [2.05, 4.69) is 5.32 Å². The van der Waals surface area contributed by atoms with E-state index in [0.29, 0.717) is 13.1 Å². The third kappa shape index (κ3) is 6.29. The van der Waals surface area contributed by atoms with Crippen molar-refractivity contribution in [3.8, 4) is 0 Å². The van der Waals surface area contributed by atoms with Crippen molar-refractivity contribution in [3.63, 3.8) is 0 Å². The van der Waals surface area contributed by atoms with Crippen molar-refractivity contribution >= 4 is 11.6 Å². The van der Waals surface area contributed by atoms with Gasteiger partial charge in [0, 0.05) is 19.0 Å². The molecule has 0 aromatic heterocycles.